The molecule has 192 valence electrons. The fraction of sp³-hybridized carbons (Fsp3) is 0.423. The summed E-state index contributed by atoms with van der Waals surface area (Å²) in [5, 5.41) is 2.69. The minimum absolute atomic E-state index is 0.123. The van der Waals surface area contributed by atoms with E-state index in [1.807, 2.05) is 6.92 Å². The SMILES string of the molecule is C=C[C@@H]1C[C@H](C(=O)N[C@@H](c2cc(F)c(C(F)(F)F)cc2F)C2CC2)N(C(=O)c2cc(CC)ccn2)C1. The number of aromatic nitrogens is 1. The van der Waals surface area contributed by atoms with Crippen LogP contribution in [0.2, 0.25) is 0 Å². The van der Waals surface area contributed by atoms with Crippen molar-refractivity contribution in [2.45, 2.75) is 50.9 Å². The predicted octanol–water partition coefficient (Wildman–Crippen LogP) is 5.23. The van der Waals surface area contributed by atoms with E-state index in [-0.39, 0.29) is 42.1 Å². The van der Waals surface area contributed by atoms with Crippen molar-refractivity contribution >= 4 is 11.8 Å². The van der Waals surface area contributed by atoms with Crippen molar-refractivity contribution in [2.24, 2.45) is 11.8 Å². The number of likely N-dealkylation sites (tertiary alicyclic amines) is 1. The highest BCUT2D eigenvalue weighted by Crippen LogP contribution is 2.43. The Kier molecular flexibility index (Phi) is 7.15. The van der Waals surface area contributed by atoms with Crippen LogP contribution in [0.4, 0.5) is 22.0 Å². The number of benzene rings is 1. The van der Waals surface area contributed by atoms with Gasteiger partial charge in [-0.3, -0.25) is 14.6 Å². The maximum Gasteiger partial charge on any atom is 0.419 e. The number of aryl methyl sites for hydroxylation is 1. The third-order valence-corrected chi connectivity index (χ3v) is 6.80. The first-order valence-electron chi connectivity index (χ1n) is 11.8. The summed E-state index contributed by atoms with van der Waals surface area (Å²) in [5.74, 6) is -4.29. The third kappa shape index (κ3) is 5.27. The Morgan fingerprint density at radius 1 is 1.22 bits per heavy atom. The van der Waals surface area contributed by atoms with Crippen LogP contribution in [0.25, 0.3) is 0 Å². The highest BCUT2D eigenvalue weighted by molar-refractivity contribution is 5.96. The molecule has 2 amide bonds. The highest BCUT2D eigenvalue weighted by Gasteiger charge is 2.43. The zero-order chi connectivity index (χ0) is 26.2. The number of hydrogen-bond donors (Lipinski definition) is 1. The quantitative estimate of drug-likeness (QED) is 0.413. The van der Waals surface area contributed by atoms with E-state index in [2.05, 4.69) is 16.9 Å². The molecule has 3 atom stereocenters. The van der Waals surface area contributed by atoms with Crippen LogP contribution in [0.1, 0.15) is 59.4 Å². The van der Waals surface area contributed by atoms with Gasteiger partial charge in [0.25, 0.3) is 5.91 Å². The van der Waals surface area contributed by atoms with Gasteiger partial charge in [0.05, 0.1) is 11.6 Å². The molecule has 0 unspecified atom stereocenters. The largest absolute Gasteiger partial charge is 0.419 e. The van der Waals surface area contributed by atoms with E-state index in [0.717, 1.165) is 5.56 Å². The predicted molar refractivity (Wildman–Crippen MR) is 122 cm³/mol. The van der Waals surface area contributed by atoms with E-state index in [1.165, 1.54) is 11.1 Å². The first-order valence-corrected chi connectivity index (χ1v) is 11.8. The maximum absolute atomic E-state index is 14.7. The molecule has 1 aromatic heterocycles. The van der Waals surface area contributed by atoms with Crippen LogP contribution in [-0.4, -0.2) is 34.3 Å². The number of carbonyl (C=O) groups is 2. The number of rotatable bonds is 7. The lowest BCUT2D eigenvalue weighted by Gasteiger charge is -2.27. The molecule has 0 bridgehead atoms. The fourth-order valence-corrected chi connectivity index (χ4v) is 4.62. The summed E-state index contributed by atoms with van der Waals surface area (Å²) in [7, 11) is 0. The number of pyridine rings is 1. The average Bonchev–Trinajstić information content (AvgIpc) is 3.60. The van der Waals surface area contributed by atoms with Crippen molar-refractivity contribution in [3.05, 3.63) is 77.1 Å². The monoisotopic (exact) mass is 507 g/mol. The zero-order valence-electron chi connectivity index (χ0n) is 19.6. The van der Waals surface area contributed by atoms with Gasteiger partial charge in [-0.25, -0.2) is 8.78 Å². The van der Waals surface area contributed by atoms with Crippen molar-refractivity contribution in [1.29, 1.82) is 0 Å². The summed E-state index contributed by atoms with van der Waals surface area (Å²) in [4.78, 5) is 32.1. The first kappa shape index (κ1) is 25.8. The van der Waals surface area contributed by atoms with Crippen LogP contribution >= 0.6 is 0 Å². The molecule has 1 saturated heterocycles. The van der Waals surface area contributed by atoms with Gasteiger partial charge in [-0.1, -0.05) is 13.0 Å². The summed E-state index contributed by atoms with van der Waals surface area (Å²) in [6.45, 7) is 5.93. The molecule has 4 rings (SSSR count). The minimum Gasteiger partial charge on any atom is -0.347 e. The van der Waals surface area contributed by atoms with Crippen LogP contribution in [0.15, 0.2) is 43.1 Å². The lowest BCUT2D eigenvalue weighted by atomic mass is 9.98. The van der Waals surface area contributed by atoms with E-state index in [1.54, 1.807) is 18.2 Å². The Balaban J connectivity index is 1.60. The molecule has 0 spiro atoms. The fourth-order valence-electron chi connectivity index (χ4n) is 4.62. The Morgan fingerprint density at radius 2 is 1.94 bits per heavy atom. The normalized spacial score (nSPS) is 20.8. The molecule has 1 saturated carbocycles. The molecule has 5 nitrogen and oxygen atoms in total. The molecule has 2 aromatic rings. The van der Waals surface area contributed by atoms with Crippen LogP contribution in [0, 0.1) is 23.5 Å². The number of nitrogens with one attached hydrogen (secondary N) is 1. The molecule has 1 aliphatic carbocycles. The smallest absolute Gasteiger partial charge is 0.347 e. The molecule has 1 aliphatic heterocycles. The zero-order valence-corrected chi connectivity index (χ0v) is 19.6. The number of amides is 2. The Morgan fingerprint density at radius 3 is 2.56 bits per heavy atom. The lowest BCUT2D eigenvalue weighted by molar-refractivity contribution is -0.140. The lowest BCUT2D eigenvalue weighted by Crippen LogP contribution is -2.47. The molecule has 2 heterocycles. The van der Waals surface area contributed by atoms with Crippen molar-refractivity contribution < 1.29 is 31.5 Å². The van der Waals surface area contributed by atoms with E-state index >= 15 is 0 Å². The summed E-state index contributed by atoms with van der Waals surface area (Å²) in [6.07, 6.45) is 0.290. The van der Waals surface area contributed by atoms with Crippen LogP contribution in [-0.2, 0) is 17.4 Å². The van der Waals surface area contributed by atoms with Gasteiger partial charge in [0.2, 0.25) is 5.91 Å². The van der Waals surface area contributed by atoms with Crippen molar-refractivity contribution in [3.63, 3.8) is 0 Å². The standard InChI is InChI=1S/C26H26F5N3O2/c1-3-14-7-8-32-21(9-14)25(36)34-13-15(4-2)10-22(34)24(35)33-23(16-5-6-16)17-11-20(28)18(12-19(17)27)26(29,30)31/h4,7-9,11-12,15-16,22-23H,2-3,5-6,10,13H2,1H3,(H,33,35)/t15-,22-,23-/m1/s1. The van der Waals surface area contributed by atoms with E-state index < -0.39 is 47.3 Å². The molecule has 1 N–H and O–H groups in total. The first-order chi connectivity index (χ1) is 17.0. The maximum atomic E-state index is 14.7. The van der Waals surface area contributed by atoms with E-state index in [0.29, 0.717) is 25.3 Å². The van der Waals surface area contributed by atoms with Crippen molar-refractivity contribution in [3.8, 4) is 0 Å². The molecule has 1 aromatic carbocycles. The molecule has 10 heteroatoms. The van der Waals surface area contributed by atoms with Gasteiger partial charge < -0.3 is 10.2 Å². The summed E-state index contributed by atoms with van der Waals surface area (Å²) >= 11 is 0. The van der Waals surface area contributed by atoms with E-state index in [4.69, 9.17) is 0 Å². The second-order valence-corrected chi connectivity index (χ2v) is 9.28. The van der Waals surface area contributed by atoms with Crippen LogP contribution in [0.3, 0.4) is 0 Å². The van der Waals surface area contributed by atoms with Gasteiger partial charge in [-0.05, 0) is 67.3 Å². The topological polar surface area (TPSA) is 62.3 Å². The van der Waals surface area contributed by atoms with Gasteiger partial charge >= 0.3 is 6.18 Å². The van der Waals surface area contributed by atoms with Crippen LogP contribution < -0.4 is 5.32 Å². The van der Waals surface area contributed by atoms with Crippen LogP contribution in [0.5, 0.6) is 0 Å². The third-order valence-electron chi connectivity index (χ3n) is 6.80. The molecule has 0 radical (unpaired) electrons. The number of halogens is 5. The molecule has 2 fully saturated rings. The molecular formula is C26H26F5N3O2. The Labute approximate surface area is 205 Å². The van der Waals surface area contributed by atoms with Crippen molar-refractivity contribution in [1.82, 2.24) is 15.2 Å². The number of alkyl halides is 3. The highest BCUT2D eigenvalue weighted by atomic mass is 19.4. The Hall–Kier alpha value is -3.30. The summed E-state index contributed by atoms with van der Waals surface area (Å²) in [5.41, 5.74) is -0.952. The van der Waals surface area contributed by atoms with Gasteiger partial charge in [0.15, 0.2) is 0 Å². The van der Waals surface area contributed by atoms with Gasteiger partial charge in [0.1, 0.15) is 23.4 Å². The van der Waals surface area contributed by atoms with Gasteiger partial charge in [0, 0.05) is 18.3 Å². The Bertz CT molecular complexity index is 1180. The summed E-state index contributed by atoms with van der Waals surface area (Å²) in [6, 6.07) is 2.14. The average molecular weight is 508 g/mol. The molecular weight excluding hydrogens is 481 g/mol. The van der Waals surface area contributed by atoms with Gasteiger partial charge in [-0.2, -0.15) is 13.2 Å². The second-order valence-electron chi connectivity index (χ2n) is 9.28. The van der Waals surface area contributed by atoms with Crippen molar-refractivity contribution in [2.75, 3.05) is 6.54 Å². The van der Waals surface area contributed by atoms with Gasteiger partial charge in [-0.15, -0.1) is 6.58 Å². The molecule has 2 aliphatic rings. The minimum atomic E-state index is -5.05. The number of carbonyl (C=O) groups excluding carboxylic acids is 2. The molecule has 36 heavy (non-hydrogen) atoms. The summed E-state index contributed by atoms with van der Waals surface area (Å²) < 4.78 is 68.0. The number of hydrogen-bond acceptors (Lipinski definition) is 3. The van der Waals surface area contributed by atoms with E-state index in [9.17, 15) is 31.5 Å². The number of nitrogens with zero attached hydrogens (tertiary/aromatic N) is 2. The second kappa shape index (κ2) is 9.99.